The van der Waals surface area contributed by atoms with Crippen molar-refractivity contribution >= 4 is 29.5 Å². The summed E-state index contributed by atoms with van der Waals surface area (Å²) in [7, 11) is 0. The minimum Gasteiger partial charge on any atom is -0.491 e. The molecule has 0 N–H and O–H groups in total. The van der Waals surface area contributed by atoms with Crippen molar-refractivity contribution in [2.45, 2.75) is 34.1 Å². The molecule has 0 aromatic heterocycles. The van der Waals surface area contributed by atoms with Gasteiger partial charge in [-0.3, -0.25) is 0 Å². The Kier molecular flexibility index (Phi) is 12.4. The fourth-order valence-corrected chi connectivity index (χ4v) is 4.24. The molecule has 2 aromatic carbocycles. The first-order valence-electron chi connectivity index (χ1n) is 14.5. The summed E-state index contributed by atoms with van der Waals surface area (Å²) in [5, 5.41) is 0. The fourth-order valence-electron chi connectivity index (χ4n) is 4.24. The highest BCUT2D eigenvalue weighted by molar-refractivity contribution is 5.93. The zero-order valence-electron chi connectivity index (χ0n) is 26.4. The summed E-state index contributed by atoms with van der Waals surface area (Å²) >= 11 is 0. The third kappa shape index (κ3) is 9.88. The minimum absolute atomic E-state index is 0.0277. The SMILES string of the molecule is C=C(C)C(=O)OCCOC(=O)c1cc(C2=CC(F)=C(OCCOC(=O)C(=C)C)C(C)C2)cc(-c2ccc(OC(=O)C(=C)C)cc2)c1. The van der Waals surface area contributed by atoms with Crippen molar-refractivity contribution in [2.24, 2.45) is 5.92 Å². The fraction of sp³-hybridized carbons (Fsp3) is 0.278. The van der Waals surface area contributed by atoms with Crippen molar-refractivity contribution in [3.8, 4) is 16.9 Å². The molecule has 1 atom stereocenters. The van der Waals surface area contributed by atoms with Crippen molar-refractivity contribution in [1.29, 1.82) is 0 Å². The summed E-state index contributed by atoms with van der Waals surface area (Å²) < 4.78 is 41.6. The molecule has 1 aliphatic rings. The van der Waals surface area contributed by atoms with Gasteiger partial charge in [-0.2, -0.15) is 0 Å². The Balaban J connectivity index is 1.89. The van der Waals surface area contributed by atoms with Crippen LogP contribution in [0.5, 0.6) is 5.75 Å². The Morgan fingerprint density at radius 3 is 1.85 bits per heavy atom. The summed E-state index contributed by atoms with van der Waals surface area (Å²) in [6, 6.07) is 11.7. The first-order valence-corrected chi connectivity index (χ1v) is 14.5. The van der Waals surface area contributed by atoms with E-state index in [2.05, 4.69) is 19.7 Å². The topological polar surface area (TPSA) is 114 Å². The highest BCUT2D eigenvalue weighted by Crippen LogP contribution is 2.37. The van der Waals surface area contributed by atoms with E-state index < -0.39 is 29.7 Å². The van der Waals surface area contributed by atoms with Gasteiger partial charge in [-0.1, -0.05) is 38.8 Å². The molecule has 0 fully saturated rings. The van der Waals surface area contributed by atoms with Crippen LogP contribution in [-0.4, -0.2) is 50.3 Å². The van der Waals surface area contributed by atoms with Crippen molar-refractivity contribution in [3.05, 3.63) is 108 Å². The molecule has 9 nitrogen and oxygen atoms in total. The lowest BCUT2D eigenvalue weighted by molar-refractivity contribution is -0.140. The van der Waals surface area contributed by atoms with Crippen LogP contribution < -0.4 is 4.74 Å². The maximum absolute atomic E-state index is 15.3. The molecule has 1 unspecified atom stereocenters. The van der Waals surface area contributed by atoms with Gasteiger partial charge in [0.15, 0.2) is 5.83 Å². The molecule has 46 heavy (non-hydrogen) atoms. The lowest BCUT2D eigenvalue weighted by Gasteiger charge is -2.24. The molecule has 0 radical (unpaired) electrons. The van der Waals surface area contributed by atoms with Crippen LogP contribution in [0, 0.1) is 5.92 Å². The zero-order valence-corrected chi connectivity index (χ0v) is 26.4. The van der Waals surface area contributed by atoms with Gasteiger partial charge in [0.1, 0.15) is 37.9 Å². The van der Waals surface area contributed by atoms with Crippen LogP contribution in [0.25, 0.3) is 16.7 Å². The van der Waals surface area contributed by atoms with Gasteiger partial charge in [0.2, 0.25) is 0 Å². The van der Waals surface area contributed by atoms with Gasteiger partial charge < -0.3 is 23.7 Å². The third-order valence-electron chi connectivity index (χ3n) is 6.62. The van der Waals surface area contributed by atoms with Gasteiger partial charge in [0.05, 0.1) is 5.56 Å². The van der Waals surface area contributed by atoms with Crippen molar-refractivity contribution in [2.75, 3.05) is 26.4 Å². The Hall–Kier alpha value is -5.25. The van der Waals surface area contributed by atoms with Gasteiger partial charge in [0.25, 0.3) is 0 Å². The first kappa shape index (κ1) is 35.2. The van der Waals surface area contributed by atoms with Crippen LogP contribution in [-0.2, 0) is 33.3 Å². The second kappa shape index (κ2) is 16.2. The number of allylic oxidation sites excluding steroid dienone is 4. The highest BCUT2D eigenvalue weighted by atomic mass is 19.1. The number of hydrogen-bond acceptors (Lipinski definition) is 9. The van der Waals surface area contributed by atoms with Crippen molar-refractivity contribution in [1.82, 2.24) is 0 Å². The summed E-state index contributed by atoms with van der Waals surface area (Å²) in [6.45, 7) is 16.6. The van der Waals surface area contributed by atoms with Gasteiger partial charge in [-0.05, 0) is 85.9 Å². The number of ether oxygens (including phenoxy) is 5. The molecule has 0 saturated carbocycles. The minimum atomic E-state index is -0.671. The van der Waals surface area contributed by atoms with Gasteiger partial charge in [0, 0.05) is 22.6 Å². The second-order valence-electron chi connectivity index (χ2n) is 10.8. The van der Waals surface area contributed by atoms with E-state index in [0.717, 1.165) is 0 Å². The molecule has 3 rings (SSSR count). The molecule has 0 spiro atoms. The van der Waals surface area contributed by atoms with Crippen LogP contribution in [0.3, 0.4) is 0 Å². The summed E-state index contributed by atoms with van der Waals surface area (Å²) in [5.41, 5.74) is 3.42. The second-order valence-corrected chi connectivity index (χ2v) is 10.8. The number of carbonyl (C=O) groups is 4. The average Bonchev–Trinajstić information content (AvgIpc) is 3.01. The Morgan fingerprint density at radius 1 is 0.739 bits per heavy atom. The molecule has 0 saturated heterocycles. The molecule has 0 heterocycles. The molecule has 242 valence electrons. The van der Waals surface area contributed by atoms with Crippen molar-refractivity contribution < 1.29 is 47.3 Å². The summed E-state index contributed by atoms with van der Waals surface area (Å²) in [6.07, 6.45) is 1.74. The lowest BCUT2D eigenvalue weighted by atomic mass is 9.87. The smallest absolute Gasteiger partial charge is 0.338 e. The molecular formula is C36H37FO9. The molecule has 1 aliphatic carbocycles. The van der Waals surface area contributed by atoms with E-state index in [1.165, 1.54) is 19.9 Å². The Bertz CT molecular complexity index is 1610. The van der Waals surface area contributed by atoms with E-state index in [9.17, 15) is 19.2 Å². The van der Waals surface area contributed by atoms with Crippen LogP contribution in [0.4, 0.5) is 4.39 Å². The number of hydrogen-bond donors (Lipinski definition) is 0. The number of carbonyl (C=O) groups excluding carboxylic acids is 4. The molecule has 2 aromatic rings. The standard InChI is InChI=1S/C36H37FO9/c1-21(2)33(38)43-13-12-42-32-24(7)16-26(20-31(32)37)28-17-27(25-8-10-30(11-9-25)46-35(40)23(5)6)18-29(19-28)36(41)45-15-14-44-34(39)22(3)4/h8-11,17-20,24H,1,3,5,12-16H2,2,4,6-7H3. The van der Waals surface area contributed by atoms with Crippen LogP contribution in [0.2, 0.25) is 0 Å². The summed E-state index contributed by atoms with van der Waals surface area (Å²) in [5.74, 6) is -2.87. The highest BCUT2D eigenvalue weighted by Gasteiger charge is 2.25. The number of esters is 4. The Labute approximate surface area is 267 Å². The van der Waals surface area contributed by atoms with E-state index in [1.54, 1.807) is 50.2 Å². The zero-order chi connectivity index (χ0) is 34.0. The Morgan fingerprint density at radius 2 is 1.28 bits per heavy atom. The van der Waals surface area contributed by atoms with Gasteiger partial charge >= 0.3 is 23.9 Å². The van der Waals surface area contributed by atoms with E-state index in [-0.39, 0.29) is 60.4 Å². The number of halogens is 1. The average molecular weight is 633 g/mol. The summed E-state index contributed by atoms with van der Waals surface area (Å²) in [4.78, 5) is 48.2. The predicted octanol–water partition coefficient (Wildman–Crippen LogP) is 6.85. The first-order chi connectivity index (χ1) is 21.8. The van der Waals surface area contributed by atoms with Crippen LogP contribution in [0.1, 0.15) is 50.0 Å². The maximum atomic E-state index is 15.3. The number of benzene rings is 2. The molecular weight excluding hydrogens is 595 g/mol. The van der Waals surface area contributed by atoms with E-state index in [4.69, 9.17) is 23.7 Å². The monoisotopic (exact) mass is 632 g/mol. The molecule has 10 heteroatoms. The molecule has 0 aliphatic heterocycles. The number of rotatable bonds is 14. The third-order valence-corrected chi connectivity index (χ3v) is 6.62. The van der Waals surface area contributed by atoms with Crippen LogP contribution in [0.15, 0.2) is 96.6 Å². The lowest BCUT2D eigenvalue weighted by Crippen LogP contribution is -2.16. The normalized spacial score (nSPS) is 14.0. The van der Waals surface area contributed by atoms with E-state index in [0.29, 0.717) is 34.4 Å². The van der Waals surface area contributed by atoms with E-state index >= 15 is 4.39 Å². The van der Waals surface area contributed by atoms with Crippen LogP contribution >= 0.6 is 0 Å². The maximum Gasteiger partial charge on any atom is 0.338 e. The van der Waals surface area contributed by atoms with E-state index in [1.807, 2.05) is 6.07 Å². The largest absolute Gasteiger partial charge is 0.491 e. The predicted molar refractivity (Wildman–Crippen MR) is 170 cm³/mol. The molecule has 0 bridgehead atoms. The van der Waals surface area contributed by atoms with Gasteiger partial charge in [-0.25, -0.2) is 23.6 Å². The van der Waals surface area contributed by atoms with Gasteiger partial charge in [-0.15, -0.1) is 0 Å². The molecule has 0 amide bonds. The quantitative estimate of drug-likeness (QED) is 0.0725. The van der Waals surface area contributed by atoms with Crippen molar-refractivity contribution in [3.63, 3.8) is 0 Å².